The number of anilines is 1. The third-order valence-electron chi connectivity index (χ3n) is 1.33. The molecule has 0 bridgehead atoms. The standard InChI is InChI=1S/C8H8FNO/c9-7-2-1-3-8(10)6(7)4-5-11/h1-5,11H,10H2/b5-4+. The van der Waals surface area contributed by atoms with Crippen LogP contribution in [0.25, 0.3) is 6.08 Å². The Balaban J connectivity index is 3.20. The Morgan fingerprint density at radius 3 is 2.73 bits per heavy atom. The summed E-state index contributed by atoms with van der Waals surface area (Å²) in [5.41, 5.74) is 5.94. The molecule has 3 N–H and O–H groups in total. The fraction of sp³-hybridized carbons (Fsp3) is 0. The van der Waals surface area contributed by atoms with Crippen molar-refractivity contribution in [2.45, 2.75) is 0 Å². The van der Waals surface area contributed by atoms with E-state index in [4.69, 9.17) is 10.8 Å². The van der Waals surface area contributed by atoms with Gasteiger partial charge in [0.2, 0.25) is 0 Å². The van der Waals surface area contributed by atoms with Gasteiger partial charge in [-0.15, -0.1) is 0 Å². The molecule has 3 heteroatoms. The van der Waals surface area contributed by atoms with Gasteiger partial charge in [-0.25, -0.2) is 4.39 Å². The molecule has 0 saturated carbocycles. The summed E-state index contributed by atoms with van der Waals surface area (Å²) in [6.45, 7) is 0. The number of nitrogens with two attached hydrogens (primary N) is 1. The summed E-state index contributed by atoms with van der Waals surface area (Å²) in [6, 6.07) is 4.36. The van der Waals surface area contributed by atoms with Crippen molar-refractivity contribution < 1.29 is 9.50 Å². The summed E-state index contributed by atoms with van der Waals surface area (Å²) in [5.74, 6) is -0.435. The minimum atomic E-state index is -0.435. The minimum Gasteiger partial charge on any atom is -0.516 e. The summed E-state index contributed by atoms with van der Waals surface area (Å²) in [5, 5.41) is 8.37. The molecule has 0 aliphatic rings. The maximum atomic E-state index is 12.8. The molecule has 0 spiro atoms. The fourth-order valence-electron chi connectivity index (χ4n) is 0.804. The molecule has 0 saturated heterocycles. The molecule has 1 rings (SSSR count). The van der Waals surface area contributed by atoms with E-state index < -0.39 is 5.82 Å². The molecule has 0 aliphatic heterocycles. The van der Waals surface area contributed by atoms with Crippen LogP contribution in [0.4, 0.5) is 10.1 Å². The van der Waals surface area contributed by atoms with E-state index in [0.29, 0.717) is 5.69 Å². The first-order chi connectivity index (χ1) is 5.25. The Morgan fingerprint density at radius 2 is 2.18 bits per heavy atom. The summed E-state index contributed by atoms with van der Waals surface area (Å²) in [6.07, 6.45) is 1.97. The van der Waals surface area contributed by atoms with Crippen LogP contribution in [0.5, 0.6) is 0 Å². The van der Waals surface area contributed by atoms with E-state index in [1.807, 2.05) is 0 Å². The van der Waals surface area contributed by atoms with Crippen molar-refractivity contribution in [3.8, 4) is 0 Å². The van der Waals surface area contributed by atoms with Crippen LogP contribution in [0.1, 0.15) is 5.56 Å². The molecule has 0 aromatic heterocycles. The average Bonchev–Trinajstić information content (AvgIpc) is 1.97. The first-order valence-corrected chi connectivity index (χ1v) is 3.10. The second-order valence-electron chi connectivity index (χ2n) is 2.06. The molecule has 0 aliphatic carbocycles. The lowest BCUT2D eigenvalue weighted by molar-refractivity contribution is 0.477. The molecular formula is C8H8FNO. The molecule has 0 radical (unpaired) electrons. The number of hydrogen-bond acceptors (Lipinski definition) is 2. The van der Waals surface area contributed by atoms with E-state index in [9.17, 15) is 4.39 Å². The van der Waals surface area contributed by atoms with E-state index >= 15 is 0 Å². The minimum absolute atomic E-state index is 0.218. The van der Waals surface area contributed by atoms with Gasteiger partial charge in [-0.2, -0.15) is 0 Å². The van der Waals surface area contributed by atoms with Gasteiger partial charge in [0.15, 0.2) is 0 Å². The first-order valence-electron chi connectivity index (χ1n) is 3.10. The smallest absolute Gasteiger partial charge is 0.132 e. The monoisotopic (exact) mass is 153 g/mol. The van der Waals surface area contributed by atoms with E-state index in [1.165, 1.54) is 18.2 Å². The zero-order valence-electron chi connectivity index (χ0n) is 5.79. The van der Waals surface area contributed by atoms with Crippen molar-refractivity contribution in [2.24, 2.45) is 0 Å². The zero-order chi connectivity index (χ0) is 8.27. The van der Waals surface area contributed by atoms with Gasteiger partial charge in [-0.3, -0.25) is 0 Å². The van der Waals surface area contributed by atoms with Crippen LogP contribution < -0.4 is 5.73 Å². The Labute approximate surface area is 63.8 Å². The average molecular weight is 153 g/mol. The molecular weight excluding hydrogens is 145 g/mol. The second-order valence-corrected chi connectivity index (χ2v) is 2.06. The summed E-state index contributed by atoms with van der Waals surface area (Å²) in [7, 11) is 0. The van der Waals surface area contributed by atoms with Crippen molar-refractivity contribution in [1.29, 1.82) is 0 Å². The van der Waals surface area contributed by atoms with Gasteiger partial charge in [0, 0.05) is 11.3 Å². The van der Waals surface area contributed by atoms with Crippen molar-refractivity contribution >= 4 is 11.8 Å². The fourth-order valence-corrected chi connectivity index (χ4v) is 0.804. The summed E-state index contributed by atoms with van der Waals surface area (Å²) < 4.78 is 12.8. The number of rotatable bonds is 1. The number of aliphatic hydroxyl groups is 1. The van der Waals surface area contributed by atoms with E-state index in [0.717, 1.165) is 6.26 Å². The van der Waals surface area contributed by atoms with Crippen LogP contribution in [-0.2, 0) is 0 Å². The molecule has 58 valence electrons. The highest BCUT2D eigenvalue weighted by Gasteiger charge is 2.00. The summed E-state index contributed by atoms with van der Waals surface area (Å²) in [4.78, 5) is 0. The number of aliphatic hydroxyl groups excluding tert-OH is 1. The molecule has 0 amide bonds. The predicted molar refractivity (Wildman–Crippen MR) is 42.5 cm³/mol. The van der Waals surface area contributed by atoms with Crippen LogP contribution in [0.3, 0.4) is 0 Å². The molecule has 1 aromatic carbocycles. The highest BCUT2D eigenvalue weighted by Crippen LogP contribution is 2.16. The van der Waals surface area contributed by atoms with Crippen molar-refractivity contribution in [3.63, 3.8) is 0 Å². The van der Waals surface area contributed by atoms with Crippen LogP contribution >= 0.6 is 0 Å². The van der Waals surface area contributed by atoms with E-state index in [1.54, 1.807) is 6.07 Å². The lowest BCUT2D eigenvalue weighted by atomic mass is 10.2. The molecule has 0 fully saturated rings. The van der Waals surface area contributed by atoms with Crippen LogP contribution in [0.2, 0.25) is 0 Å². The van der Waals surface area contributed by atoms with Gasteiger partial charge in [0.05, 0.1) is 6.26 Å². The summed E-state index contributed by atoms with van der Waals surface area (Å²) >= 11 is 0. The molecule has 0 atom stereocenters. The van der Waals surface area contributed by atoms with E-state index in [2.05, 4.69) is 0 Å². The SMILES string of the molecule is Nc1cccc(F)c1/C=C/O. The lowest BCUT2D eigenvalue weighted by Crippen LogP contribution is -1.91. The highest BCUT2D eigenvalue weighted by molar-refractivity contribution is 5.64. The topological polar surface area (TPSA) is 46.2 Å². The normalized spacial score (nSPS) is 10.6. The zero-order valence-corrected chi connectivity index (χ0v) is 5.79. The largest absolute Gasteiger partial charge is 0.516 e. The number of hydrogen-bond donors (Lipinski definition) is 2. The van der Waals surface area contributed by atoms with Gasteiger partial charge in [-0.1, -0.05) is 6.07 Å². The van der Waals surface area contributed by atoms with Crippen LogP contribution in [-0.4, -0.2) is 5.11 Å². The lowest BCUT2D eigenvalue weighted by Gasteiger charge is -1.99. The number of halogens is 1. The maximum absolute atomic E-state index is 12.8. The third kappa shape index (κ3) is 1.49. The molecule has 2 nitrogen and oxygen atoms in total. The Morgan fingerprint density at radius 1 is 1.45 bits per heavy atom. The van der Waals surface area contributed by atoms with Gasteiger partial charge in [0.25, 0.3) is 0 Å². The van der Waals surface area contributed by atoms with Crippen molar-refractivity contribution in [2.75, 3.05) is 5.73 Å². The Bertz CT molecular complexity index is 263. The number of nitrogen functional groups attached to an aromatic ring is 1. The van der Waals surface area contributed by atoms with Crippen molar-refractivity contribution in [3.05, 3.63) is 35.8 Å². The molecule has 0 unspecified atom stereocenters. The third-order valence-corrected chi connectivity index (χ3v) is 1.33. The van der Waals surface area contributed by atoms with Crippen LogP contribution in [0, 0.1) is 5.82 Å². The Hall–Kier alpha value is -1.51. The molecule has 11 heavy (non-hydrogen) atoms. The maximum Gasteiger partial charge on any atom is 0.132 e. The van der Waals surface area contributed by atoms with Gasteiger partial charge >= 0.3 is 0 Å². The number of benzene rings is 1. The first kappa shape index (κ1) is 7.60. The van der Waals surface area contributed by atoms with Gasteiger partial charge in [0.1, 0.15) is 5.82 Å². The Kier molecular flexibility index (Phi) is 2.11. The highest BCUT2D eigenvalue weighted by atomic mass is 19.1. The molecule has 1 aromatic rings. The predicted octanol–water partition coefficient (Wildman–Crippen LogP) is 1.94. The molecule has 0 heterocycles. The van der Waals surface area contributed by atoms with Gasteiger partial charge in [-0.05, 0) is 18.2 Å². The second kappa shape index (κ2) is 3.05. The van der Waals surface area contributed by atoms with E-state index in [-0.39, 0.29) is 5.56 Å². The van der Waals surface area contributed by atoms with Gasteiger partial charge < -0.3 is 10.8 Å². The quantitative estimate of drug-likeness (QED) is 0.478. The van der Waals surface area contributed by atoms with Crippen molar-refractivity contribution in [1.82, 2.24) is 0 Å². The van der Waals surface area contributed by atoms with Crippen LogP contribution in [0.15, 0.2) is 24.5 Å².